The van der Waals surface area contributed by atoms with Gasteiger partial charge in [-0.2, -0.15) is 0 Å². The van der Waals surface area contributed by atoms with Crippen LogP contribution in [0.25, 0.3) is 0 Å². The third-order valence-corrected chi connectivity index (χ3v) is 2.18. The van der Waals surface area contributed by atoms with Crippen LogP contribution in [0, 0.1) is 12.8 Å². The van der Waals surface area contributed by atoms with Crippen LogP contribution in [0.3, 0.4) is 0 Å². The van der Waals surface area contributed by atoms with Crippen molar-refractivity contribution in [3.8, 4) is 0 Å². The second-order valence-electron chi connectivity index (χ2n) is 2.10. The summed E-state index contributed by atoms with van der Waals surface area (Å²) in [5, 5.41) is -0.426. The molecule has 3 heteroatoms. The number of thiol groups is 1. The highest BCUT2D eigenvalue weighted by Crippen LogP contribution is 2.01. The zero-order chi connectivity index (χ0) is 6.73. The largest absolute Gasteiger partial charge is 0.232 e. The molecule has 0 aromatic carbocycles. The van der Waals surface area contributed by atoms with E-state index in [-0.39, 0.29) is 5.92 Å². The first-order valence-corrected chi connectivity index (χ1v) is 3.77. The van der Waals surface area contributed by atoms with Gasteiger partial charge in [0.05, 0.1) is 5.25 Å². The van der Waals surface area contributed by atoms with Crippen LogP contribution in [-0.2, 0) is 10.7 Å². The normalized spacial score (nSPS) is 15.1. The van der Waals surface area contributed by atoms with Crippen LogP contribution < -0.4 is 0 Å². The van der Waals surface area contributed by atoms with Crippen molar-refractivity contribution in [1.29, 1.82) is 0 Å². The van der Waals surface area contributed by atoms with Crippen LogP contribution in [-0.4, -0.2) is 13.7 Å². The predicted molar refractivity (Wildman–Crippen MR) is 34.3 cm³/mol. The van der Waals surface area contributed by atoms with Crippen molar-refractivity contribution >= 4 is 10.7 Å². The topological polar surface area (TPSA) is 34.1 Å². The molecule has 0 saturated heterocycles. The molecule has 0 aliphatic heterocycles. The van der Waals surface area contributed by atoms with Gasteiger partial charge in [-0.05, 0) is 12.8 Å². The van der Waals surface area contributed by atoms with Crippen molar-refractivity contribution in [2.75, 3.05) is 0 Å². The lowest BCUT2D eigenvalue weighted by molar-refractivity contribution is 0.578. The number of hydrogen-bond acceptors (Lipinski definition) is 2. The van der Waals surface area contributed by atoms with Crippen molar-refractivity contribution < 1.29 is 8.42 Å². The Morgan fingerprint density at radius 2 is 1.75 bits per heavy atom. The fourth-order valence-electron chi connectivity index (χ4n) is 0.243. The molecule has 0 aliphatic carbocycles. The minimum Gasteiger partial charge on any atom is -0.232 e. The molecule has 0 aromatic rings. The molecule has 0 aromatic heterocycles. The summed E-state index contributed by atoms with van der Waals surface area (Å²) in [5.41, 5.74) is 0. The number of rotatable bonds is 2. The fraction of sp³-hybridized carbons (Fsp3) is 0.800. The minimum absolute atomic E-state index is 0.135. The first kappa shape index (κ1) is 7.95. The smallest absolute Gasteiger partial charge is 0.143 e. The standard InChI is InChI=1S/C5H11O2S/c1-4(2)5(3)8(6)7/h4-5,8H,3H2,1-2H3. The van der Waals surface area contributed by atoms with E-state index in [1.807, 2.05) is 13.8 Å². The third kappa shape index (κ3) is 2.31. The first-order chi connectivity index (χ1) is 3.55. The fourth-order valence-corrected chi connectivity index (χ4v) is 0.730. The summed E-state index contributed by atoms with van der Waals surface area (Å²) >= 11 is 0. The van der Waals surface area contributed by atoms with Gasteiger partial charge in [-0.3, -0.25) is 0 Å². The van der Waals surface area contributed by atoms with Crippen molar-refractivity contribution in [3.63, 3.8) is 0 Å². The molecule has 0 bridgehead atoms. The predicted octanol–water partition coefficient (Wildman–Crippen LogP) is 0.456. The lowest BCUT2D eigenvalue weighted by atomic mass is 10.2. The van der Waals surface area contributed by atoms with E-state index in [1.165, 1.54) is 0 Å². The average Bonchev–Trinajstić information content (AvgIpc) is 1.64. The summed E-state index contributed by atoms with van der Waals surface area (Å²) in [7, 11) is -2.31. The molecule has 8 heavy (non-hydrogen) atoms. The van der Waals surface area contributed by atoms with Crippen molar-refractivity contribution in [3.05, 3.63) is 6.92 Å². The maximum atomic E-state index is 10.1. The van der Waals surface area contributed by atoms with E-state index in [2.05, 4.69) is 6.92 Å². The van der Waals surface area contributed by atoms with E-state index in [0.717, 1.165) is 0 Å². The van der Waals surface area contributed by atoms with Crippen molar-refractivity contribution in [2.24, 2.45) is 5.92 Å². The SMILES string of the molecule is [CH2]C(C(C)C)[SH](=O)=O. The molecule has 0 aliphatic rings. The molecule has 0 fully saturated rings. The summed E-state index contributed by atoms with van der Waals surface area (Å²) in [5.74, 6) is 0.135. The van der Waals surface area contributed by atoms with Gasteiger partial charge in [-0.15, -0.1) is 0 Å². The van der Waals surface area contributed by atoms with E-state index in [1.54, 1.807) is 0 Å². The summed E-state index contributed by atoms with van der Waals surface area (Å²) in [6.45, 7) is 7.11. The second-order valence-corrected chi connectivity index (χ2v) is 3.33. The van der Waals surface area contributed by atoms with E-state index in [9.17, 15) is 8.42 Å². The van der Waals surface area contributed by atoms with Crippen LogP contribution in [0.15, 0.2) is 0 Å². The summed E-state index contributed by atoms with van der Waals surface area (Å²) in [4.78, 5) is 0. The Kier molecular flexibility index (Phi) is 3.05. The second kappa shape index (κ2) is 3.07. The molecule has 1 radical (unpaired) electrons. The zero-order valence-electron chi connectivity index (χ0n) is 5.13. The Hall–Kier alpha value is -0.0500. The van der Waals surface area contributed by atoms with Gasteiger partial charge in [0.2, 0.25) is 0 Å². The van der Waals surface area contributed by atoms with E-state index < -0.39 is 16.0 Å². The van der Waals surface area contributed by atoms with Crippen molar-refractivity contribution in [2.45, 2.75) is 19.1 Å². The van der Waals surface area contributed by atoms with Gasteiger partial charge >= 0.3 is 0 Å². The Balaban J connectivity index is 3.83. The quantitative estimate of drug-likeness (QED) is 0.558. The highest BCUT2D eigenvalue weighted by Gasteiger charge is 2.07. The highest BCUT2D eigenvalue weighted by atomic mass is 32.2. The molecule has 0 amide bonds. The molecule has 0 saturated carbocycles. The van der Waals surface area contributed by atoms with E-state index in [4.69, 9.17) is 0 Å². The molecule has 0 rings (SSSR count). The molecule has 0 heterocycles. The molecular formula is C5H11O2S. The summed E-state index contributed by atoms with van der Waals surface area (Å²) < 4.78 is 20.2. The van der Waals surface area contributed by atoms with Gasteiger partial charge in [0.1, 0.15) is 10.7 Å². The maximum Gasteiger partial charge on any atom is 0.143 e. The van der Waals surface area contributed by atoms with Gasteiger partial charge in [0, 0.05) is 0 Å². The molecule has 0 spiro atoms. The first-order valence-electron chi connectivity index (χ1n) is 2.52. The van der Waals surface area contributed by atoms with Gasteiger partial charge in [-0.1, -0.05) is 13.8 Å². The third-order valence-electron chi connectivity index (χ3n) is 1.04. The molecule has 1 unspecified atom stereocenters. The molecule has 49 valence electrons. The Morgan fingerprint density at radius 1 is 1.38 bits per heavy atom. The average molecular weight is 135 g/mol. The Labute approximate surface area is 51.9 Å². The van der Waals surface area contributed by atoms with Gasteiger partial charge < -0.3 is 0 Å². The van der Waals surface area contributed by atoms with Crippen LogP contribution in [0.1, 0.15) is 13.8 Å². The maximum absolute atomic E-state index is 10.1. The summed E-state index contributed by atoms with van der Waals surface area (Å²) in [6, 6.07) is 0. The lowest BCUT2D eigenvalue weighted by Gasteiger charge is -2.04. The number of hydrogen-bond donors (Lipinski definition) is 1. The zero-order valence-corrected chi connectivity index (χ0v) is 6.02. The van der Waals surface area contributed by atoms with Crippen LogP contribution in [0.2, 0.25) is 0 Å². The van der Waals surface area contributed by atoms with Crippen LogP contribution >= 0.6 is 0 Å². The summed E-state index contributed by atoms with van der Waals surface area (Å²) in [6.07, 6.45) is 0. The lowest BCUT2D eigenvalue weighted by Crippen LogP contribution is -2.12. The molecule has 1 atom stereocenters. The van der Waals surface area contributed by atoms with Gasteiger partial charge in [0.25, 0.3) is 0 Å². The Morgan fingerprint density at radius 3 is 1.75 bits per heavy atom. The monoisotopic (exact) mass is 135 g/mol. The van der Waals surface area contributed by atoms with Crippen molar-refractivity contribution in [1.82, 2.24) is 0 Å². The van der Waals surface area contributed by atoms with E-state index in [0.29, 0.717) is 0 Å². The van der Waals surface area contributed by atoms with E-state index >= 15 is 0 Å². The van der Waals surface area contributed by atoms with Gasteiger partial charge in [0.15, 0.2) is 0 Å². The molecular weight excluding hydrogens is 124 g/mol. The highest BCUT2D eigenvalue weighted by molar-refractivity contribution is 7.73. The van der Waals surface area contributed by atoms with Gasteiger partial charge in [-0.25, -0.2) is 8.42 Å². The minimum atomic E-state index is -2.31. The molecule has 2 nitrogen and oxygen atoms in total. The molecule has 0 N–H and O–H groups in total. The van der Waals surface area contributed by atoms with Crippen LogP contribution in [0.5, 0.6) is 0 Å². The Bertz CT molecular complexity index is 118. The van der Waals surface area contributed by atoms with Crippen LogP contribution in [0.4, 0.5) is 0 Å².